The first-order valence-electron chi connectivity index (χ1n) is 6.39. The Morgan fingerprint density at radius 2 is 1.82 bits per heavy atom. The van der Waals surface area contributed by atoms with Gasteiger partial charge in [-0.2, -0.15) is 0 Å². The normalized spacial score (nSPS) is 10.6. The molecule has 0 atom stereocenters. The van der Waals surface area contributed by atoms with Crippen LogP contribution in [-0.2, 0) is 0 Å². The van der Waals surface area contributed by atoms with Crippen LogP contribution in [0.15, 0.2) is 29.9 Å². The molecule has 0 fully saturated rings. The highest BCUT2D eigenvalue weighted by Crippen LogP contribution is 2.35. The fourth-order valence-corrected chi connectivity index (χ4v) is 3.20. The smallest absolute Gasteiger partial charge is 0.251 e. The Morgan fingerprint density at radius 3 is 2.41 bits per heavy atom. The molecule has 22 heavy (non-hydrogen) atoms. The molecule has 2 N–H and O–H groups in total. The van der Waals surface area contributed by atoms with Crippen LogP contribution in [0.3, 0.4) is 0 Å². The molecule has 0 aliphatic heterocycles. The van der Waals surface area contributed by atoms with Gasteiger partial charge in [0.1, 0.15) is 17.8 Å². The Hall–Kier alpha value is -2.67. The van der Waals surface area contributed by atoms with Crippen molar-refractivity contribution >= 4 is 27.5 Å². The molecule has 2 aromatic heterocycles. The van der Waals surface area contributed by atoms with Crippen LogP contribution in [0.5, 0.6) is 11.5 Å². The fraction of sp³-hybridized carbons (Fsp3) is 0.133. The van der Waals surface area contributed by atoms with Crippen LogP contribution in [0.25, 0.3) is 21.5 Å². The summed E-state index contributed by atoms with van der Waals surface area (Å²) in [5.41, 5.74) is 7.86. The molecule has 0 aliphatic carbocycles. The fourth-order valence-electron chi connectivity index (χ4n) is 2.18. The molecule has 0 saturated carbocycles. The number of amides is 1. The minimum Gasteiger partial charge on any atom is -0.497 e. The second-order valence-electron chi connectivity index (χ2n) is 4.51. The van der Waals surface area contributed by atoms with Gasteiger partial charge >= 0.3 is 0 Å². The van der Waals surface area contributed by atoms with E-state index in [4.69, 9.17) is 15.2 Å². The van der Waals surface area contributed by atoms with Crippen LogP contribution < -0.4 is 15.2 Å². The number of thiophene rings is 1. The number of hydrogen-bond donors (Lipinski definition) is 1. The minimum absolute atomic E-state index is 0.401. The third-order valence-electron chi connectivity index (χ3n) is 3.24. The molecule has 0 radical (unpaired) electrons. The molecule has 1 aromatic carbocycles. The van der Waals surface area contributed by atoms with Gasteiger partial charge in [-0.15, -0.1) is 11.3 Å². The van der Waals surface area contributed by atoms with Crippen molar-refractivity contribution in [3.63, 3.8) is 0 Å². The molecule has 0 bridgehead atoms. The SMILES string of the molecule is COc1cc(OC)cc(-c2ncnc3c(C(N)=O)csc23)c1. The first-order chi connectivity index (χ1) is 10.6. The number of hydrogen-bond acceptors (Lipinski definition) is 6. The van der Waals surface area contributed by atoms with E-state index >= 15 is 0 Å². The highest BCUT2D eigenvalue weighted by Gasteiger charge is 2.16. The predicted molar refractivity (Wildman–Crippen MR) is 84.5 cm³/mol. The van der Waals surface area contributed by atoms with Crippen LogP contribution in [-0.4, -0.2) is 30.1 Å². The monoisotopic (exact) mass is 315 g/mol. The summed E-state index contributed by atoms with van der Waals surface area (Å²) in [6.07, 6.45) is 1.42. The molecule has 3 aromatic rings. The topological polar surface area (TPSA) is 87.3 Å². The van der Waals surface area contributed by atoms with Gasteiger partial charge in [0.2, 0.25) is 0 Å². The number of primary amides is 1. The molecule has 2 heterocycles. The number of ether oxygens (including phenoxy) is 2. The lowest BCUT2D eigenvalue weighted by atomic mass is 10.1. The van der Waals surface area contributed by atoms with E-state index in [1.807, 2.05) is 12.1 Å². The molecule has 3 rings (SSSR count). The number of carbonyl (C=O) groups is 1. The summed E-state index contributed by atoms with van der Waals surface area (Å²) in [6, 6.07) is 5.49. The first kappa shape index (κ1) is 14.3. The molecule has 0 saturated heterocycles. The second-order valence-corrected chi connectivity index (χ2v) is 5.39. The highest BCUT2D eigenvalue weighted by atomic mass is 32.1. The van der Waals surface area contributed by atoms with E-state index in [0.29, 0.717) is 28.3 Å². The Bertz CT molecular complexity index is 838. The van der Waals surface area contributed by atoms with Crippen LogP contribution in [0.1, 0.15) is 10.4 Å². The van der Waals surface area contributed by atoms with Gasteiger partial charge in [-0.05, 0) is 12.1 Å². The van der Waals surface area contributed by atoms with Gasteiger partial charge in [0.25, 0.3) is 5.91 Å². The van der Waals surface area contributed by atoms with Crippen molar-refractivity contribution in [1.82, 2.24) is 9.97 Å². The van der Waals surface area contributed by atoms with E-state index < -0.39 is 5.91 Å². The van der Waals surface area contributed by atoms with E-state index in [0.717, 1.165) is 10.3 Å². The van der Waals surface area contributed by atoms with Crippen LogP contribution >= 0.6 is 11.3 Å². The quantitative estimate of drug-likeness (QED) is 0.799. The number of nitrogens with zero attached hydrogens (tertiary/aromatic N) is 2. The summed E-state index contributed by atoms with van der Waals surface area (Å²) in [5.74, 6) is 0.819. The lowest BCUT2D eigenvalue weighted by Gasteiger charge is -2.08. The summed E-state index contributed by atoms with van der Waals surface area (Å²) in [6.45, 7) is 0. The average molecular weight is 315 g/mol. The Morgan fingerprint density at radius 1 is 1.14 bits per heavy atom. The number of rotatable bonds is 4. The molecule has 7 heteroatoms. The number of nitrogens with two attached hydrogens (primary N) is 1. The number of aromatic nitrogens is 2. The molecule has 112 valence electrons. The van der Waals surface area contributed by atoms with Gasteiger partial charge in [0.15, 0.2) is 0 Å². The molecule has 0 spiro atoms. The lowest BCUT2D eigenvalue weighted by molar-refractivity contribution is 0.100. The van der Waals surface area contributed by atoms with Crippen molar-refractivity contribution in [3.05, 3.63) is 35.5 Å². The van der Waals surface area contributed by atoms with Crippen molar-refractivity contribution in [2.45, 2.75) is 0 Å². The summed E-state index contributed by atoms with van der Waals surface area (Å²) < 4.78 is 11.4. The molecular formula is C15H13N3O3S. The molecular weight excluding hydrogens is 302 g/mol. The van der Waals surface area contributed by atoms with Crippen molar-refractivity contribution in [3.8, 4) is 22.8 Å². The summed E-state index contributed by atoms with van der Waals surface area (Å²) in [5, 5.41) is 1.70. The van der Waals surface area contributed by atoms with Crippen molar-refractivity contribution in [2.75, 3.05) is 14.2 Å². The zero-order chi connectivity index (χ0) is 15.7. The van der Waals surface area contributed by atoms with Gasteiger partial charge in [0.05, 0.1) is 35.7 Å². The number of fused-ring (bicyclic) bond motifs is 1. The maximum Gasteiger partial charge on any atom is 0.251 e. The standard InChI is InChI=1S/C15H13N3O3S/c1-20-9-3-8(4-10(5-9)21-2)12-14-13(18-7-17-12)11(6-22-14)15(16)19/h3-7H,1-2H3,(H2,16,19). The predicted octanol–water partition coefficient (Wildman–Crippen LogP) is 2.47. The zero-order valence-corrected chi connectivity index (χ0v) is 12.8. The molecule has 0 aliphatic rings. The molecule has 1 amide bonds. The van der Waals surface area contributed by atoms with Gasteiger partial charge in [0, 0.05) is 17.0 Å². The third kappa shape index (κ3) is 2.35. The summed E-state index contributed by atoms with van der Waals surface area (Å²) in [4.78, 5) is 20.0. The highest BCUT2D eigenvalue weighted by molar-refractivity contribution is 7.18. The van der Waals surface area contributed by atoms with Crippen molar-refractivity contribution < 1.29 is 14.3 Å². The van der Waals surface area contributed by atoms with Crippen LogP contribution in [0, 0.1) is 0 Å². The maximum absolute atomic E-state index is 11.5. The van der Waals surface area contributed by atoms with Crippen LogP contribution in [0.4, 0.5) is 0 Å². The Balaban J connectivity index is 2.24. The van der Waals surface area contributed by atoms with Gasteiger partial charge in [-0.3, -0.25) is 4.79 Å². The lowest BCUT2D eigenvalue weighted by Crippen LogP contribution is -2.10. The summed E-state index contributed by atoms with van der Waals surface area (Å²) >= 11 is 1.38. The molecule has 6 nitrogen and oxygen atoms in total. The number of benzene rings is 1. The maximum atomic E-state index is 11.5. The Labute approximate surface area is 130 Å². The van der Waals surface area contributed by atoms with E-state index in [1.54, 1.807) is 25.7 Å². The van der Waals surface area contributed by atoms with Gasteiger partial charge < -0.3 is 15.2 Å². The van der Waals surface area contributed by atoms with Crippen LogP contribution in [0.2, 0.25) is 0 Å². The molecule has 0 unspecified atom stereocenters. The van der Waals surface area contributed by atoms with E-state index in [2.05, 4.69) is 9.97 Å². The zero-order valence-electron chi connectivity index (χ0n) is 12.0. The van der Waals surface area contributed by atoms with Gasteiger partial charge in [-0.1, -0.05) is 0 Å². The summed E-state index contributed by atoms with van der Waals surface area (Å²) in [7, 11) is 3.18. The van der Waals surface area contributed by atoms with E-state index in [9.17, 15) is 4.79 Å². The Kier molecular flexibility index (Phi) is 3.64. The third-order valence-corrected chi connectivity index (χ3v) is 4.22. The van der Waals surface area contributed by atoms with E-state index in [1.165, 1.54) is 17.7 Å². The average Bonchev–Trinajstić information content (AvgIpc) is 2.98. The number of methoxy groups -OCH3 is 2. The number of carbonyl (C=O) groups excluding carboxylic acids is 1. The largest absolute Gasteiger partial charge is 0.497 e. The minimum atomic E-state index is -0.501. The van der Waals surface area contributed by atoms with Gasteiger partial charge in [-0.25, -0.2) is 9.97 Å². The van der Waals surface area contributed by atoms with Crippen molar-refractivity contribution in [1.29, 1.82) is 0 Å². The first-order valence-corrected chi connectivity index (χ1v) is 7.27. The second kappa shape index (κ2) is 5.61. The van der Waals surface area contributed by atoms with E-state index in [-0.39, 0.29) is 0 Å². The van der Waals surface area contributed by atoms with Crippen molar-refractivity contribution in [2.24, 2.45) is 5.73 Å².